The van der Waals surface area contributed by atoms with Gasteiger partial charge in [-0.1, -0.05) is 42.5 Å². The smallest absolute Gasteiger partial charge is 0.129 e. The zero-order valence-electron chi connectivity index (χ0n) is 16.7. The summed E-state index contributed by atoms with van der Waals surface area (Å²) in [6, 6.07) is 22.3. The van der Waals surface area contributed by atoms with Crippen LogP contribution in [0.4, 0.5) is 0 Å². The van der Waals surface area contributed by atoms with E-state index in [0.29, 0.717) is 19.6 Å². The molecule has 4 rings (SSSR count). The standard InChI is InChI=1S/C25H27NO3/c1-18-9-2-5-14-23(18)29-17-19(27)10-6-7-16-28-24-15-8-13-22-25(24)20-11-3-4-12-21(20)26-22/h2-5,8-9,11-15,19,26-27H,6-7,10,16-17H2,1H3. The average Bonchev–Trinajstić information content (AvgIpc) is 3.12. The number of benzene rings is 3. The minimum Gasteiger partial charge on any atom is -0.493 e. The van der Waals surface area contributed by atoms with Gasteiger partial charge in [0.2, 0.25) is 0 Å². The van der Waals surface area contributed by atoms with Crippen molar-refractivity contribution >= 4 is 21.8 Å². The van der Waals surface area contributed by atoms with E-state index in [9.17, 15) is 5.11 Å². The molecule has 0 aliphatic carbocycles. The fourth-order valence-electron chi connectivity index (χ4n) is 3.64. The van der Waals surface area contributed by atoms with Gasteiger partial charge < -0.3 is 19.6 Å². The number of aliphatic hydroxyl groups is 1. The highest BCUT2D eigenvalue weighted by atomic mass is 16.5. The fourth-order valence-corrected chi connectivity index (χ4v) is 3.64. The Kier molecular flexibility index (Phi) is 6.01. The van der Waals surface area contributed by atoms with E-state index in [0.717, 1.165) is 46.3 Å². The Morgan fingerprint density at radius 1 is 0.828 bits per heavy atom. The topological polar surface area (TPSA) is 54.5 Å². The van der Waals surface area contributed by atoms with Gasteiger partial charge in [-0.25, -0.2) is 0 Å². The molecule has 1 aromatic heterocycles. The third kappa shape index (κ3) is 4.54. The van der Waals surface area contributed by atoms with Gasteiger partial charge in [0, 0.05) is 16.3 Å². The lowest BCUT2D eigenvalue weighted by Crippen LogP contribution is -2.18. The second kappa shape index (κ2) is 9.01. The molecule has 0 amide bonds. The molecule has 0 radical (unpaired) electrons. The number of hydrogen-bond donors (Lipinski definition) is 2. The monoisotopic (exact) mass is 389 g/mol. The summed E-state index contributed by atoms with van der Waals surface area (Å²) in [5.74, 6) is 1.74. The van der Waals surface area contributed by atoms with Crippen LogP contribution < -0.4 is 9.47 Å². The molecule has 150 valence electrons. The van der Waals surface area contributed by atoms with Gasteiger partial charge in [0.15, 0.2) is 0 Å². The largest absolute Gasteiger partial charge is 0.493 e. The van der Waals surface area contributed by atoms with E-state index in [1.165, 1.54) is 5.39 Å². The molecule has 0 spiro atoms. The highest BCUT2D eigenvalue weighted by molar-refractivity contribution is 6.10. The maximum atomic E-state index is 10.2. The Bertz CT molecular complexity index is 1090. The molecule has 0 saturated carbocycles. The average molecular weight is 389 g/mol. The van der Waals surface area contributed by atoms with Gasteiger partial charge in [-0.3, -0.25) is 0 Å². The van der Waals surface area contributed by atoms with Crippen LogP contribution in [0.5, 0.6) is 11.5 Å². The highest BCUT2D eigenvalue weighted by Gasteiger charge is 2.10. The maximum Gasteiger partial charge on any atom is 0.129 e. The zero-order valence-corrected chi connectivity index (χ0v) is 16.7. The Morgan fingerprint density at radius 2 is 1.59 bits per heavy atom. The van der Waals surface area contributed by atoms with Crippen LogP contribution in [0, 0.1) is 6.92 Å². The number of aliphatic hydroxyl groups excluding tert-OH is 1. The molecular formula is C25H27NO3. The molecule has 29 heavy (non-hydrogen) atoms. The first-order valence-corrected chi connectivity index (χ1v) is 10.2. The van der Waals surface area contributed by atoms with Gasteiger partial charge in [-0.2, -0.15) is 0 Å². The van der Waals surface area contributed by atoms with Crippen molar-refractivity contribution in [1.29, 1.82) is 0 Å². The summed E-state index contributed by atoms with van der Waals surface area (Å²) in [5, 5.41) is 12.5. The molecule has 0 saturated heterocycles. The lowest BCUT2D eigenvalue weighted by molar-refractivity contribution is 0.0961. The zero-order chi connectivity index (χ0) is 20.1. The summed E-state index contributed by atoms with van der Waals surface area (Å²) in [5.41, 5.74) is 3.29. The number of ether oxygens (including phenoxy) is 2. The van der Waals surface area contributed by atoms with Gasteiger partial charge in [-0.15, -0.1) is 0 Å². The van der Waals surface area contributed by atoms with Crippen LogP contribution in [0.2, 0.25) is 0 Å². The summed E-state index contributed by atoms with van der Waals surface area (Å²) in [6.45, 7) is 2.96. The van der Waals surface area contributed by atoms with Crippen molar-refractivity contribution in [2.45, 2.75) is 32.3 Å². The van der Waals surface area contributed by atoms with Crippen LogP contribution in [0.3, 0.4) is 0 Å². The number of H-pyrrole nitrogens is 1. The van der Waals surface area contributed by atoms with Gasteiger partial charge in [-0.05, 0) is 56.0 Å². The van der Waals surface area contributed by atoms with Crippen molar-refractivity contribution in [2.75, 3.05) is 13.2 Å². The molecule has 4 heteroatoms. The van der Waals surface area contributed by atoms with E-state index < -0.39 is 6.10 Å². The summed E-state index contributed by atoms with van der Waals surface area (Å²) in [4.78, 5) is 3.44. The number of aryl methyl sites for hydroxylation is 1. The lowest BCUT2D eigenvalue weighted by atomic mass is 10.1. The van der Waals surface area contributed by atoms with Crippen molar-refractivity contribution < 1.29 is 14.6 Å². The molecule has 4 aromatic rings. The van der Waals surface area contributed by atoms with Crippen molar-refractivity contribution in [2.24, 2.45) is 0 Å². The van der Waals surface area contributed by atoms with Gasteiger partial charge in [0.25, 0.3) is 0 Å². The molecule has 1 heterocycles. The number of para-hydroxylation sites is 2. The molecule has 0 aliphatic heterocycles. The summed E-state index contributed by atoms with van der Waals surface area (Å²) in [7, 11) is 0. The second-order valence-electron chi connectivity index (χ2n) is 7.42. The van der Waals surface area contributed by atoms with Crippen molar-refractivity contribution in [3.05, 3.63) is 72.3 Å². The number of hydrogen-bond acceptors (Lipinski definition) is 3. The molecule has 2 N–H and O–H groups in total. The normalized spacial score (nSPS) is 12.3. The van der Waals surface area contributed by atoms with Gasteiger partial charge in [0.1, 0.15) is 18.1 Å². The minimum atomic E-state index is -0.466. The van der Waals surface area contributed by atoms with Crippen molar-refractivity contribution in [1.82, 2.24) is 4.98 Å². The molecule has 1 atom stereocenters. The van der Waals surface area contributed by atoms with Crippen molar-refractivity contribution in [3.63, 3.8) is 0 Å². The quantitative estimate of drug-likeness (QED) is 0.365. The molecule has 0 bridgehead atoms. The van der Waals surface area contributed by atoms with Gasteiger partial charge >= 0.3 is 0 Å². The number of aromatic nitrogens is 1. The van der Waals surface area contributed by atoms with E-state index in [-0.39, 0.29) is 0 Å². The maximum absolute atomic E-state index is 10.2. The van der Waals surface area contributed by atoms with Crippen LogP contribution in [0.1, 0.15) is 24.8 Å². The van der Waals surface area contributed by atoms with Crippen LogP contribution >= 0.6 is 0 Å². The highest BCUT2D eigenvalue weighted by Crippen LogP contribution is 2.33. The van der Waals surface area contributed by atoms with Gasteiger partial charge in [0.05, 0.1) is 18.2 Å². The lowest BCUT2D eigenvalue weighted by Gasteiger charge is -2.14. The van der Waals surface area contributed by atoms with Crippen LogP contribution in [-0.2, 0) is 0 Å². The van der Waals surface area contributed by atoms with E-state index in [4.69, 9.17) is 9.47 Å². The summed E-state index contributed by atoms with van der Waals surface area (Å²) >= 11 is 0. The Balaban J connectivity index is 1.25. The number of aromatic amines is 1. The van der Waals surface area contributed by atoms with Crippen molar-refractivity contribution in [3.8, 4) is 11.5 Å². The summed E-state index contributed by atoms with van der Waals surface area (Å²) < 4.78 is 11.8. The van der Waals surface area contributed by atoms with E-state index in [1.807, 2.05) is 55.5 Å². The summed E-state index contributed by atoms with van der Waals surface area (Å²) in [6.07, 6.45) is 2.01. The van der Waals surface area contributed by atoms with Crippen LogP contribution in [0.25, 0.3) is 21.8 Å². The predicted octanol–water partition coefficient (Wildman–Crippen LogP) is 5.62. The van der Waals surface area contributed by atoms with E-state index >= 15 is 0 Å². The molecule has 3 aromatic carbocycles. The number of rotatable bonds is 9. The Hall–Kier alpha value is -2.98. The third-order valence-electron chi connectivity index (χ3n) is 5.21. The minimum absolute atomic E-state index is 0.320. The third-order valence-corrected chi connectivity index (χ3v) is 5.21. The molecule has 4 nitrogen and oxygen atoms in total. The molecule has 0 aliphatic rings. The molecule has 1 unspecified atom stereocenters. The number of nitrogens with one attached hydrogen (secondary N) is 1. The first-order valence-electron chi connectivity index (χ1n) is 10.2. The first kappa shape index (κ1) is 19.3. The SMILES string of the molecule is Cc1ccccc1OCC(O)CCCCOc1cccc2[nH]c3ccccc3c12. The van der Waals surface area contributed by atoms with E-state index in [2.05, 4.69) is 23.2 Å². The predicted molar refractivity (Wildman–Crippen MR) is 118 cm³/mol. The molecular weight excluding hydrogens is 362 g/mol. The Morgan fingerprint density at radius 3 is 2.48 bits per heavy atom. The second-order valence-corrected chi connectivity index (χ2v) is 7.42. The van der Waals surface area contributed by atoms with Crippen LogP contribution in [0.15, 0.2) is 66.7 Å². The fraction of sp³-hybridized carbons (Fsp3) is 0.280. The number of unbranched alkanes of at least 4 members (excludes halogenated alkanes) is 1. The first-order chi connectivity index (χ1) is 14.2. The van der Waals surface area contributed by atoms with Crippen LogP contribution in [-0.4, -0.2) is 29.4 Å². The van der Waals surface area contributed by atoms with E-state index in [1.54, 1.807) is 0 Å². The number of fused-ring (bicyclic) bond motifs is 3. The molecule has 0 fully saturated rings. The Labute approximate surface area is 171 Å².